The van der Waals surface area contributed by atoms with Crippen LogP contribution in [0.15, 0.2) is 36.5 Å². The van der Waals surface area contributed by atoms with Crippen LogP contribution in [0.3, 0.4) is 0 Å². The highest BCUT2D eigenvalue weighted by atomic mass is 16.7. The molecule has 5 N–H and O–H groups in total. The standard InChI is InChI=1S/C63H99N5O25/c1-43(2)49(60(76)64-44(3)51(69)37-45-8-9-47(41-92-62(79)63(4,5)6)46(36-45)10-11-53-56(73)57(74)58(75)59(93-53)61(77)78)39-52(70)50(68-54(71)12-13-55(68)72)38-48-40-67(66-65-48)14-15-81-18-19-83-22-23-85-26-27-87-29-31-89-33-35-91-42-90-34-32-88-30-28-86-25-24-84-21-20-82-17-16-80-7/h8-9,12-13,36,40,43-44,49-50,53,56-59,73-75H,10-11,14-35,37-39,41-42H2,1-7H3,(H,64,76)(H,77,78)/t44-,49-,50?,53-,56-,57+,58-,59-/m0/s1. The van der Waals surface area contributed by atoms with E-state index in [2.05, 4.69) is 15.6 Å². The van der Waals surface area contributed by atoms with Crippen LogP contribution in [0.1, 0.15) is 76.8 Å². The zero-order valence-corrected chi connectivity index (χ0v) is 54.8. The number of ether oxygens (including phenoxy) is 14. The first-order valence-electron chi connectivity index (χ1n) is 31.5. The molecular formula is C63H99N5O25. The number of methoxy groups -OCH3 is 1. The second kappa shape index (κ2) is 44.9. The SMILES string of the molecule is COCCOCCOCCOCCOCCOCOCCOCCOCCOCCOCCOCCn1cc(CC(C(=O)C[C@H](C(=O)N[C@@H](C)C(=O)Cc2ccc(COC(=O)C(C)(C)C)c(CC[C@@H]3O[C@H](C(=O)O)[C@@H](O)[C@H](O)[C@H]3O)c2)C(C)C)N2C(=O)C=CC2=O)nn1. The van der Waals surface area contributed by atoms with Gasteiger partial charge in [0, 0.05) is 50.6 Å². The van der Waals surface area contributed by atoms with E-state index in [-0.39, 0.29) is 58.7 Å². The monoisotopic (exact) mass is 1330 g/mol. The second-order valence-corrected chi connectivity index (χ2v) is 23.3. The molecule has 0 bridgehead atoms. The Morgan fingerprint density at radius 2 is 1.14 bits per heavy atom. The number of esters is 1. The molecule has 0 spiro atoms. The fourth-order valence-corrected chi connectivity index (χ4v) is 9.22. The molecule has 30 nitrogen and oxygen atoms in total. The maximum absolute atomic E-state index is 14.2. The molecule has 3 heterocycles. The van der Waals surface area contributed by atoms with Crippen molar-refractivity contribution in [2.24, 2.45) is 17.3 Å². The molecule has 1 fully saturated rings. The number of carbonyl (C=O) groups excluding carboxylic acids is 6. The lowest BCUT2D eigenvalue weighted by Gasteiger charge is -2.39. The fourth-order valence-electron chi connectivity index (χ4n) is 9.22. The second-order valence-electron chi connectivity index (χ2n) is 23.3. The number of carbonyl (C=O) groups is 7. The van der Waals surface area contributed by atoms with Gasteiger partial charge in [-0.2, -0.15) is 0 Å². The Kier molecular flexibility index (Phi) is 38.5. The number of aliphatic hydroxyl groups excluding tert-OH is 3. The highest BCUT2D eigenvalue weighted by Crippen LogP contribution is 2.28. The molecular weight excluding hydrogens is 1230 g/mol. The van der Waals surface area contributed by atoms with E-state index in [0.29, 0.717) is 155 Å². The van der Waals surface area contributed by atoms with Crippen molar-refractivity contribution in [3.05, 3.63) is 58.9 Å². The van der Waals surface area contributed by atoms with E-state index in [1.165, 1.54) is 11.6 Å². The molecule has 2 aromatic rings. The number of aliphatic carboxylic acids is 1. The lowest BCUT2D eigenvalue weighted by Crippen LogP contribution is -2.59. The number of rotatable bonds is 53. The normalized spacial score (nSPS) is 18.5. The van der Waals surface area contributed by atoms with Crippen molar-refractivity contribution < 1.29 is 120 Å². The highest BCUT2D eigenvalue weighted by Gasteiger charge is 2.47. The number of imide groups is 1. The van der Waals surface area contributed by atoms with E-state index in [0.717, 1.165) is 17.1 Å². The summed E-state index contributed by atoms with van der Waals surface area (Å²) in [5.74, 6) is -6.43. The molecule has 2 aliphatic rings. The summed E-state index contributed by atoms with van der Waals surface area (Å²) in [6.45, 7) is 19.1. The van der Waals surface area contributed by atoms with Crippen molar-refractivity contribution in [1.82, 2.24) is 25.2 Å². The topological polar surface area (TPSA) is 376 Å². The van der Waals surface area contributed by atoms with Crippen LogP contribution in [0.5, 0.6) is 0 Å². The fraction of sp³-hybridized carbons (Fsp3) is 0.730. The number of amides is 3. The predicted octanol–water partition coefficient (Wildman–Crippen LogP) is 0.405. The summed E-state index contributed by atoms with van der Waals surface area (Å²) in [4.78, 5) is 93.3. The van der Waals surface area contributed by atoms with Crippen molar-refractivity contribution in [2.45, 2.75) is 129 Å². The first-order valence-corrected chi connectivity index (χ1v) is 31.5. The summed E-state index contributed by atoms with van der Waals surface area (Å²) in [7, 11) is 1.63. The van der Waals surface area contributed by atoms with Gasteiger partial charge in [0.1, 0.15) is 37.8 Å². The van der Waals surface area contributed by atoms with Crippen molar-refractivity contribution in [3.8, 4) is 0 Å². The third-order valence-electron chi connectivity index (χ3n) is 14.6. The Labute approximate surface area is 543 Å². The van der Waals surface area contributed by atoms with Gasteiger partial charge in [0.15, 0.2) is 17.7 Å². The smallest absolute Gasteiger partial charge is 0.335 e. The van der Waals surface area contributed by atoms with Crippen LogP contribution in [0.25, 0.3) is 0 Å². The number of hydrogen-bond acceptors (Lipinski definition) is 26. The zero-order valence-electron chi connectivity index (χ0n) is 54.8. The van der Waals surface area contributed by atoms with Gasteiger partial charge in [-0.3, -0.25) is 33.7 Å². The van der Waals surface area contributed by atoms with Crippen molar-refractivity contribution in [2.75, 3.05) is 153 Å². The Morgan fingerprint density at radius 1 is 0.645 bits per heavy atom. The minimum atomic E-state index is -1.87. The zero-order chi connectivity index (χ0) is 68.0. The van der Waals surface area contributed by atoms with Crippen LogP contribution in [0, 0.1) is 17.3 Å². The average molecular weight is 1330 g/mol. The van der Waals surface area contributed by atoms with Gasteiger partial charge in [-0.15, -0.1) is 5.10 Å². The first kappa shape index (κ1) is 79.8. The van der Waals surface area contributed by atoms with E-state index in [9.17, 15) is 54.0 Å². The number of aryl methyl sites for hydroxylation is 1. The molecule has 526 valence electrons. The molecule has 93 heavy (non-hydrogen) atoms. The van der Waals surface area contributed by atoms with Gasteiger partial charge >= 0.3 is 11.9 Å². The molecule has 1 aromatic carbocycles. The summed E-state index contributed by atoms with van der Waals surface area (Å²) in [5.41, 5.74) is 1.09. The van der Waals surface area contributed by atoms with E-state index >= 15 is 0 Å². The summed E-state index contributed by atoms with van der Waals surface area (Å²) >= 11 is 0. The third kappa shape index (κ3) is 30.7. The molecule has 0 saturated carbocycles. The maximum atomic E-state index is 14.2. The number of hydrogen-bond donors (Lipinski definition) is 5. The number of ketones is 2. The Balaban J connectivity index is 1.10. The summed E-state index contributed by atoms with van der Waals surface area (Å²) in [6, 6.07) is 2.60. The molecule has 1 aromatic heterocycles. The quantitative estimate of drug-likeness (QED) is 0.0259. The summed E-state index contributed by atoms with van der Waals surface area (Å²) in [5, 5.41) is 51.9. The molecule has 30 heteroatoms. The number of aliphatic hydroxyl groups is 3. The van der Waals surface area contributed by atoms with Crippen LogP contribution >= 0.6 is 0 Å². The number of nitrogens with zero attached hydrogens (tertiary/aromatic N) is 4. The number of Topliss-reactive ketones (excluding diaryl/α,β-unsaturated/α-hetero) is 2. The average Bonchev–Trinajstić information content (AvgIpc) is 1.84. The lowest BCUT2D eigenvalue weighted by molar-refractivity contribution is -0.228. The van der Waals surface area contributed by atoms with Gasteiger partial charge in [-0.1, -0.05) is 37.3 Å². The molecule has 0 aliphatic carbocycles. The van der Waals surface area contributed by atoms with Crippen molar-refractivity contribution >= 4 is 41.2 Å². The highest BCUT2D eigenvalue weighted by molar-refractivity contribution is 6.15. The van der Waals surface area contributed by atoms with Crippen LogP contribution in [0.4, 0.5) is 0 Å². The molecule has 1 unspecified atom stereocenters. The maximum Gasteiger partial charge on any atom is 0.335 e. The lowest BCUT2D eigenvalue weighted by atomic mass is 9.86. The Morgan fingerprint density at radius 3 is 1.62 bits per heavy atom. The minimum absolute atomic E-state index is 0.0308. The molecule has 1 saturated heterocycles. The molecule has 8 atom stereocenters. The van der Waals surface area contributed by atoms with Gasteiger partial charge in [0.05, 0.1) is 169 Å². The Hall–Kier alpha value is -5.65. The molecule has 4 rings (SSSR count). The largest absolute Gasteiger partial charge is 0.479 e. The van der Waals surface area contributed by atoms with E-state index in [1.54, 1.807) is 66.1 Å². The first-order chi connectivity index (χ1) is 44.6. The van der Waals surface area contributed by atoms with Gasteiger partial charge in [0.2, 0.25) is 5.91 Å². The Bertz CT molecular complexity index is 2550. The predicted molar refractivity (Wildman–Crippen MR) is 327 cm³/mol. The summed E-state index contributed by atoms with van der Waals surface area (Å²) in [6.07, 6.45) is -5.27. The number of carboxylic acid groups (broad SMARTS) is 1. The van der Waals surface area contributed by atoms with Crippen LogP contribution in [-0.2, 0) is 132 Å². The van der Waals surface area contributed by atoms with E-state index < -0.39 is 101 Å². The van der Waals surface area contributed by atoms with E-state index in [1.807, 2.05) is 0 Å². The molecule has 0 radical (unpaired) electrons. The third-order valence-corrected chi connectivity index (χ3v) is 14.6. The number of carboxylic acids is 1. The number of aromatic nitrogens is 3. The van der Waals surface area contributed by atoms with E-state index in [4.69, 9.17) is 66.3 Å². The van der Waals surface area contributed by atoms with Crippen molar-refractivity contribution in [1.29, 1.82) is 0 Å². The summed E-state index contributed by atoms with van der Waals surface area (Å²) < 4.78 is 77.7. The van der Waals surface area contributed by atoms with Gasteiger partial charge < -0.3 is 92.1 Å². The minimum Gasteiger partial charge on any atom is -0.479 e. The van der Waals surface area contributed by atoms with Crippen molar-refractivity contribution in [3.63, 3.8) is 0 Å². The van der Waals surface area contributed by atoms with Gasteiger partial charge in [0.25, 0.3) is 11.8 Å². The van der Waals surface area contributed by atoms with Gasteiger partial charge in [-0.25, -0.2) is 9.48 Å². The van der Waals surface area contributed by atoms with Crippen LogP contribution in [0.2, 0.25) is 0 Å². The van der Waals surface area contributed by atoms with Crippen LogP contribution in [-0.4, -0.2) is 277 Å². The van der Waals surface area contributed by atoms with Crippen LogP contribution < -0.4 is 5.32 Å². The molecule has 2 aliphatic heterocycles. The number of benzene rings is 1. The molecule has 3 amide bonds. The van der Waals surface area contributed by atoms with Gasteiger partial charge in [-0.05, 0) is 63.1 Å². The number of nitrogens with one attached hydrogen (secondary N) is 1.